The number of benzene rings is 1. The molecule has 0 aliphatic carbocycles. The van der Waals surface area contributed by atoms with E-state index in [4.69, 9.17) is 0 Å². The molecule has 0 atom stereocenters. The third-order valence-corrected chi connectivity index (χ3v) is 7.25. The van der Waals surface area contributed by atoms with Gasteiger partial charge in [-0.05, 0) is 35.2 Å². The summed E-state index contributed by atoms with van der Waals surface area (Å²) in [7, 11) is -2.75. The Morgan fingerprint density at radius 3 is 2.53 bits per heavy atom. The van der Waals surface area contributed by atoms with E-state index in [2.05, 4.69) is 54.0 Å². The van der Waals surface area contributed by atoms with Crippen molar-refractivity contribution in [3.05, 3.63) is 65.9 Å². The van der Waals surface area contributed by atoms with Crippen LogP contribution in [0.5, 0.6) is 0 Å². The fraction of sp³-hybridized carbons (Fsp3) is 0.360. The van der Waals surface area contributed by atoms with Gasteiger partial charge in [-0.25, -0.2) is 14.8 Å². The van der Waals surface area contributed by atoms with E-state index < -0.39 is 10.6 Å². The van der Waals surface area contributed by atoms with Gasteiger partial charge in [-0.2, -0.15) is 10.6 Å². The SMILES string of the molecule is CC(C)c1ncncc1-c1cc2c(cn1)N(C(=O)NCc1ccc(S(C)(O)O)cc1)CC2(C)C. The second-order valence-electron chi connectivity index (χ2n) is 9.67. The maximum Gasteiger partial charge on any atom is 0.322 e. The summed E-state index contributed by atoms with van der Waals surface area (Å²) in [5.74, 6) is 0.238. The Balaban J connectivity index is 1.55. The molecule has 180 valence electrons. The smallest absolute Gasteiger partial charge is 0.322 e. The highest BCUT2D eigenvalue weighted by Crippen LogP contribution is 2.44. The lowest BCUT2D eigenvalue weighted by molar-refractivity contribution is 0.245. The fourth-order valence-electron chi connectivity index (χ4n) is 4.23. The van der Waals surface area contributed by atoms with Crippen molar-refractivity contribution in [1.82, 2.24) is 20.3 Å². The molecule has 1 aliphatic heterocycles. The number of rotatable bonds is 5. The summed E-state index contributed by atoms with van der Waals surface area (Å²) >= 11 is 0. The van der Waals surface area contributed by atoms with Crippen molar-refractivity contribution in [3.8, 4) is 11.3 Å². The standard InChI is InChI=1S/C25H31N5O3S/c1-16(2)23-19(12-26-15-29-23)21-10-20-22(13-27-21)30(14-25(20,3)4)24(31)28-11-17-6-8-18(9-7-17)34(5,32)33/h6-10,12-13,15-16,32-33H,11,14H2,1-5H3,(H,28,31). The Bertz CT molecular complexity index is 1210. The van der Waals surface area contributed by atoms with E-state index in [1.54, 1.807) is 47.9 Å². The van der Waals surface area contributed by atoms with E-state index in [0.29, 0.717) is 18.0 Å². The molecule has 0 saturated heterocycles. The van der Waals surface area contributed by atoms with Crippen LogP contribution in [-0.2, 0) is 12.0 Å². The first kappa shape index (κ1) is 24.1. The molecule has 2 aromatic heterocycles. The lowest BCUT2D eigenvalue weighted by atomic mass is 9.86. The minimum Gasteiger partial charge on any atom is -0.334 e. The fourth-order valence-corrected chi connectivity index (χ4v) is 4.89. The van der Waals surface area contributed by atoms with Gasteiger partial charge in [0, 0.05) is 36.5 Å². The molecule has 3 N–H and O–H groups in total. The second-order valence-corrected chi connectivity index (χ2v) is 11.8. The molecule has 0 radical (unpaired) electrons. The van der Waals surface area contributed by atoms with Crippen LogP contribution in [0.1, 0.15) is 50.4 Å². The maximum absolute atomic E-state index is 13.1. The average Bonchev–Trinajstić information content (AvgIpc) is 3.07. The lowest BCUT2D eigenvalue weighted by Gasteiger charge is -2.27. The van der Waals surface area contributed by atoms with Crippen molar-refractivity contribution in [1.29, 1.82) is 0 Å². The highest BCUT2D eigenvalue weighted by atomic mass is 32.3. The molecule has 0 spiro atoms. The quantitative estimate of drug-likeness (QED) is 0.449. The zero-order valence-electron chi connectivity index (χ0n) is 20.1. The van der Waals surface area contributed by atoms with Gasteiger partial charge in [0.1, 0.15) is 6.33 Å². The zero-order valence-corrected chi connectivity index (χ0v) is 20.9. The summed E-state index contributed by atoms with van der Waals surface area (Å²) in [5, 5.41) is 2.97. The van der Waals surface area contributed by atoms with Gasteiger partial charge in [-0.1, -0.05) is 39.8 Å². The molecule has 1 aromatic carbocycles. The molecule has 3 heterocycles. The van der Waals surface area contributed by atoms with Crippen LogP contribution in [0.25, 0.3) is 11.3 Å². The van der Waals surface area contributed by atoms with Crippen LogP contribution in [0.3, 0.4) is 0 Å². The summed E-state index contributed by atoms with van der Waals surface area (Å²) in [6.07, 6.45) is 6.51. The van der Waals surface area contributed by atoms with Crippen LogP contribution in [0.2, 0.25) is 0 Å². The molecule has 34 heavy (non-hydrogen) atoms. The Hall–Kier alpha value is -3.01. The van der Waals surface area contributed by atoms with E-state index in [0.717, 1.165) is 33.8 Å². The molecule has 0 saturated carbocycles. The predicted molar refractivity (Wildman–Crippen MR) is 135 cm³/mol. The molecule has 2 amide bonds. The Labute approximate surface area is 201 Å². The van der Waals surface area contributed by atoms with E-state index in [9.17, 15) is 13.9 Å². The van der Waals surface area contributed by atoms with Crippen LogP contribution in [0.4, 0.5) is 10.5 Å². The number of fused-ring (bicyclic) bond motifs is 1. The van der Waals surface area contributed by atoms with Gasteiger partial charge in [-0.15, -0.1) is 0 Å². The third kappa shape index (κ3) is 4.77. The highest BCUT2D eigenvalue weighted by Gasteiger charge is 2.38. The largest absolute Gasteiger partial charge is 0.334 e. The van der Waals surface area contributed by atoms with Crippen molar-refractivity contribution < 1.29 is 13.9 Å². The Kier molecular flexibility index (Phi) is 6.37. The normalized spacial score (nSPS) is 15.4. The molecule has 4 rings (SSSR count). The minimum absolute atomic E-state index is 0.198. The van der Waals surface area contributed by atoms with Crippen LogP contribution in [0.15, 0.2) is 53.9 Å². The lowest BCUT2D eigenvalue weighted by Crippen LogP contribution is -2.41. The molecular weight excluding hydrogens is 450 g/mol. The maximum atomic E-state index is 13.1. The van der Waals surface area contributed by atoms with Crippen molar-refractivity contribution in [2.24, 2.45) is 0 Å². The first-order valence-electron chi connectivity index (χ1n) is 11.2. The number of anilines is 1. The van der Waals surface area contributed by atoms with E-state index in [1.807, 2.05) is 0 Å². The number of aromatic nitrogens is 3. The monoisotopic (exact) mass is 481 g/mol. The number of nitrogens with one attached hydrogen (secondary N) is 1. The third-order valence-electron chi connectivity index (χ3n) is 6.08. The number of hydrogen-bond donors (Lipinski definition) is 3. The number of carbonyl (C=O) groups is 1. The number of amides is 2. The molecule has 1 aliphatic rings. The second kappa shape index (κ2) is 8.98. The van der Waals surface area contributed by atoms with Gasteiger partial charge in [0.15, 0.2) is 0 Å². The number of nitrogens with zero attached hydrogens (tertiary/aromatic N) is 4. The topological polar surface area (TPSA) is 111 Å². The van der Waals surface area contributed by atoms with Gasteiger partial charge in [0.2, 0.25) is 0 Å². The summed E-state index contributed by atoms with van der Waals surface area (Å²) < 4.78 is 19.5. The van der Waals surface area contributed by atoms with Crippen molar-refractivity contribution in [2.45, 2.75) is 50.5 Å². The summed E-state index contributed by atoms with van der Waals surface area (Å²) in [6.45, 7) is 9.30. The highest BCUT2D eigenvalue weighted by molar-refractivity contribution is 8.23. The van der Waals surface area contributed by atoms with Crippen LogP contribution in [0, 0.1) is 0 Å². The first-order valence-corrected chi connectivity index (χ1v) is 13.1. The van der Waals surface area contributed by atoms with Crippen molar-refractivity contribution in [3.63, 3.8) is 0 Å². The van der Waals surface area contributed by atoms with Gasteiger partial charge in [0.05, 0.1) is 28.2 Å². The first-order chi connectivity index (χ1) is 16.0. The van der Waals surface area contributed by atoms with Gasteiger partial charge < -0.3 is 5.32 Å². The Morgan fingerprint density at radius 1 is 1.18 bits per heavy atom. The molecule has 8 nitrogen and oxygen atoms in total. The van der Waals surface area contributed by atoms with E-state index >= 15 is 0 Å². The summed E-state index contributed by atoms with van der Waals surface area (Å²) in [4.78, 5) is 28.6. The number of urea groups is 1. The molecule has 0 bridgehead atoms. The van der Waals surface area contributed by atoms with Crippen molar-refractivity contribution >= 4 is 22.3 Å². The average molecular weight is 482 g/mol. The van der Waals surface area contributed by atoms with Gasteiger partial charge in [0.25, 0.3) is 0 Å². The van der Waals surface area contributed by atoms with Crippen LogP contribution in [-0.4, -0.2) is 42.9 Å². The van der Waals surface area contributed by atoms with E-state index in [-0.39, 0.29) is 17.4 Å². The molecular formula is C25H31N5O3S. The van der Waals surface area contributed by atoms with E-state index in [1.165, 1.54) is 6.26 Å². The summed E-state index contributed by atoms with van der Waals surface area (Å²) in [6, 6.07) is 8.78. The molecule has 3 aromatic rings. The van der Waals surface area contributed by atoms with Gasteiger partial charge in [-0.3, -0.25) is 19.0 Å². The van der Waals surface area contributed by atoms with Crippen LogP contribution < -0.4 is 10.2 Å². The number of carbonyl (C=O) groups excluding carboxylic acids is 1. The number of pyridine rings is 1. The van der Waals surface area contributed by atoms with Gasteiger partial charge >= 0.3 is 6.03 Å². The molecule has 0 unspecified atom stereocenters. The molecule has 0 fully saturated rings. The zero-order chi connectivity index (χ0) is 24.7. The summed E-state index contributed by atoms with van der Waals surface area (Å²) in [5.41, 5.74) is 5.15. The predicted octanol–water partition coefficient (Wildman–Crippen LogP) is 5.41. The minimum atomic E-state index is -2.75. The molecule has 9 heteroatoms. The van der Waals surface area contributed by atoms with Crippen molar-refractivity contribution in [2.75, 3.05) is 17.7 Å². The number of hydrogen-bond acceptors (Lipinski definition) is 6. The van der Waals surface area contributed by atoms with Crippen LogP contribution >= 0.6 is 10.6 Å². The Morgan fingerprint density at radius 2 is 1.88 bits per heavy atom.